The average Bonchev–Trinajstić information content (AvgIpc) is 3.44. The van der Waals surface area contributed by atoms with Crippen LogP contribution < -0.4 is 15.5 Å². The molecule has 1 atom stereocenters. The minimum Gasteiger partial charge on any atom is -0.479 e. The molecule has 2 aliphatic carbocycles. The number of rotatable bonds is 8. The third-order valence-corrected chi connectivity index (χ3v) is 7.64. The van der Waals surface area contributed by atoms with Crippen LogP contribution in [0.1, 0.15) is 82.2 Å². The topological polar surface area (TPSA) is 90.5 Å². The molecule has 9 nitrogen and oxygen atoms in total. The van der Waals surface area contributed by atoms with Gasteiger partial charge < -0.3 is 14.6 Å². The number of ether oxygens (including phenoxy) is 1. The largest absolute Gasteiger partial charge is 0.479 e. The molecule has 204 valence electrons. The number of fused-ring (bicyclic) bond motifs is 2. The molecule has 5 rings (SSSR count). The lowest BCUT2D eigenvalue weighted by molar-refractivity contribution is 0.0595. The highest BCUT2D eigenvalue weighted by molar-refractivity contribution is 5.72. The normalized spacial score (nSPS) is 23.3. The van der Waals surface area contributed by atoms with Gasteiger partial charge in [-0.3, -0.25) is 4.84 Å². The van der Waals surface area contributed by atoms with Crippen LogP contribution in [0.3, 0.4) is 0 Å². The van der Waals surface area contributed by atoms with Crippen molar-refractivity contribution in [3.05, 3.63) is 53.4 Å². The molecule has 0 amide bonds. The molecule has 0 aliphatic heterocycles. The molecule has 0 radical (unpaired) electrons. The molecule has 0 spiro atoms. The molecule has 1 unspecified atom stereocenters. The third-order valence-electron chi connectivity index (χ3n) is 7.64. The predicted octanol–water partition coefficient (Wildman–Crippen LogP) is 5.43. The Bertz CT molecular complexity index is 1380. The summed E-state index contributed by atoms with van der Waals surface area (Å²) >= 11 is 0. The van der Waals surface area contributed by atoms with Crippen molar-refractivity contribution >= 4 is 17.3 Å². The van der Waals surface area contributed by atoms with Crippen LogP contribution in [0.2, 0.25) is 0 Å². The fourth-order valence-electron chi connectivity index (χ4n) is 6.00. The monoisotopic (exact) mass is 523 g/mol. The molecule has 3 aromatic rings. The predicted molar refractivity (Wildman–Crippen MR) is 146 cm³/mol. The van der Waals surface area contributed by atoms with E-state index in [0.29, 0.717) is 35.5 Å². The van der Waals surface area contributed by atoms with Gasteiger partial charge in [-0.2, -0.15) is 4.98 Å². The summed E-state index contributed by atoms with van der Waals surface area (Å²) in [7, 11) is 1.58. The number of methoxy groups -OCH3 is 1. The number of nitrogens with zero attached hydrogens (tertiary/aromatic N) is 5. The molecule has 0 bridgehead atoms. The highest BCUT2D eigenvalue weighted by atomic mass is 19.1. The Morgan fingerprint density at radius 1 is 1.24 bits per heavy atom. The van der Waals surface area contributed by atoms with E-state index >= 15 is 4.39 Å². The summed E-state index contributed by atoms with van der Waals surface area (Å²) < 4.78 is 24.9. The number of halogens is 1. The van der Waals surface area contributed by atoms with E-state index in [1.165, 1.54) is 0 Å². The van der Waals surface area contributed by atoms with Crippen molar-refractivity contribution in [2.45, 2.75) is 90.3 Å². The zero-order valence-electron chi connectivity index (χ0n) is 23.1. The van der Waals surface area contributed by atoms with Gasteiger partial charge in [-0.05, 0) is 71.1 Å². The molecule has 2 N–H and O–H groups in total. The van der Waals surface area contributed by atoms with Gasteiger partial charge in [0, 0.05) is 41.5 Å². The minimum absolute atomic E-state index is 0.0707. The fourth-order valence-corrected chi connectivity index (χ4v) is 6.00. The van der Waals surface area contributed by atoms with Crippen LogP contribution in [0, 0.1) is 6.92 Å². The number of allylic oxidation sites excluding steroid dienone is 2. The van der Waals surface area contributed by atoms with Crippen LogP contribution in [0.25, 0.3) is 11.3 Å². The van der Waals surface area contributed by atoms with Gasteiger partial charge in [0.1, 0.15) is 22.9 Å². The van der Waals surface area contributed by atoms with Crippen molar-refractivity contribution in [2.75, 3.05) is 12.6 Å². The minimum atomic E-state index is -0.635. The highest BCUT2D eigenvalue weighted by Crippen LogP contribution is 2.43. The van der Waals surface area contributed by atoms with Crippen LogP contribution in [0.4, 0.5) is 10.3 Å². The molecule has 1 saturated carbocycles. The second-order valence-electron chi connectivity index (χ2n) is 11.1. The summed E-state index contributed by atoms with van der Waals surface area (Å²) in [5.74, 6) is 1.21. The first kappa shape index (κ1) is 26.2. The quantitative estimate of drug-likeness (QED) is 0.381. The zero-order valence-corrected chi connectivity index (χ0v) is 23.1. The van der Waals surface area contributed by atoms with E-state index < -0.39 is 5.41 Å². The van der Waals surface area contributed by atoms with Gasteiger partial charge in [-0.1, -0.05) is 13.5 Å². The van der Waals surface area contributed by atoms with E-state index in [2.05, 4.69) is 50.9 Å². The number of imidazole rings is 1. The Balaban J connectivity index is 1.39. The Hall–Kier alpha value is -3.40. The maximum Gasteiger partial charge on any atom is 0.268 e. The van der Waals surface area contributed by atoms with E-state index in [1.54, 1.807) is 17.7 Å². The molecule has 10 heteroatoms. The standard InChI is InChI=1S/C28H38FN7O2/c1-16(2)30-19-8-10-20(11-9-19)38-34-27-32-26(37-7)25-21(12-13-35(25)33-27)28(6)14-22(29)24-23(15-28)36(17(3)4)18(5)31-24/h12-14,17,19-20,30H,1,8-11,15H2,2-7H3,(H,33,34). The number of aromatic nitrogens is 5. The molecule has 3 aromatic heterocycles. The smallest absolute Gasteiger partial charge is 0.268 e. The molecule has 38 heavy (non-hydrogen) atoms. The SMILES string of the molecule is C=C(C)NC1CCC(ONc2nc(OC)c3c(C4(C)C=C(F)c5nc(C)n(C(C)C)c5C4)ccn3n2)CC1. The number of hydrogen-bond acceptors (Lipinski definition) is 7. The van der Waals surface area contributed by atoms with Crippen LogP contribution >= 0.6 is 0 Å². The van der Waals surface area contributed by atoms with Crippen LogP contribution in [0.15, 0.2) is 30.6 Å². The highest BCUT2D eigenvalue weighted by Gasteiger charge is 2.38. The van der Waals surface area contributed by atoms with Crippen LogP contribution in [0.5, 0.6) is 5.88 Å². The zero-order chi connectivity index (χ0) is 27.2. The maximum absolute atomic E-state index is 15.4. The molecule has 2 aliphatic rings. The lowest BCUT2D eigenvalue weighted by Crippen LogP contribution is -2.34. The second kappa shape index (κ2) is 10.1. The summed E-state index contributed by atoms with van der Waals surface area (Å²) in [6.45, 7) is 14.1. The molecule has 3 heterocycles. The Labute approximate surface area is 223 Å². The lowest BCUT2D eigenvalue weighted by atomic mass is 9.75. The van der Waals surface area contributed by atoms with E-state index in [4.69, 9.17) is 9.57 Å². The second-order valence-corrected chi connectivity index (χ2v) is 11.1. The fraction of sp³-hybridized carbons (Fsp3) is 0.536. The van der Waals surface area contributed by atoms with E-state index in [1.807, 2.05) is 33.0 Å². The van der Waals surface area contributed by atoms with Gasteiger partial charge in [0.25, 0.3) is 5.95 Å². The number of nitrogens with one attached hydrogen (secondary N) is 2. The number of anilines is 1. The summed E-state index contributed by atoms with van der Waals surface area (Å²) in [6.07, 6.45) is 8.07. The number of hydrogen-bond donors (Lipinski definition) is 2. The van der Waals surface area contributed by atoms with Crippen molar-refractivity contribution in [3.8, 4) is 5.88 Å². The first-order valence-electron chi connectivity index (χ1n) is 13.3. The number of aryl methyl sites for hydroxylation is 1. The van der Waals surface area contributed by atoms with Gasteiger partial charge in [-0.15, -0.1) is 5.10 Å². The molecule has 0 saturated heterocycles. The van der Waals surface area contributed by atoms with Crippen molar-refractivity contribution < 1.29 is 14.0 Å². The molecule has 0 aromatic carbocycles. The van der Waals surface area contributed by atoms with E-state index in [9.17, 15) is 0 Å². The summed E-state index contributed by atoms with van der Waals surface area (Å²) in [4.78, 5) is 15.0. The van der Waals surface area contributed by atoms with Gasteiger partial charge >= 0.3 is 0 Å². The van der Waals surface area contributed by atoms with E-state index in [-0.39, 0.29) is 18.0 Å². The summed E-state index contributed by atoms with van der Waals surface area (Å²) in [6, 6.07) is 2.58. The summed E-state index contributed by atoms with van der Waals surface area (Å²) in [5, 5.41) is 8.03. The Morgan fingerprint density at radius 3 is 2.63 bits per heavy atom. The van der Waals surface area contributed by atoms with Gasteiger partial charge in [-0.25, -0.2) is 19.4 Å². The van der Waals surface area contributed by atoms with Crippen molar-refractivity contribution in [1.82, 2.24) is 29.5 Å². The summed E-state index contributed by atoms with van der Waals surface area (Å²) in [5.41, 5.74) is 6.22. The van der Waals surface area contributed by atoms with Crippen molar-refractivity contribution in [2.24, 2.45) is 0 Å². The van der Waals surface area contributed by atoms with Crippen LogP contribution in [-0.4, -0.2) is 43.4 Å². The van der Waals surface area contributed by atoms with Crippen LogP contribution in [-0.2, 0) is 16.7 Å². The van der Waals surface area contributed by atoms with Crippen molar-refractivity contribution in [3.63, 3.8) is 0 Å². The van der Waals surface area contributed by atoms with Gasteiger partial charge in [0.05, 0.1) is 13.2 Å². The first-order valence-corrected chi connectivity index (χ1v) is 13.3. The van der Waals surface area contributed by atoms with Gasteiger partial charge in [0.15, 0.2) is 0 Å². The average molecular weight is 524 g/mol. The van der Waals surface area contributed by atoms with E-state index in [0.717, 1.165) is 48.5 Å². The Morgan fingerprint density at radius 2 is 1.97 bits per heavy atom. The third kappa shape index (κ3) is 4.77. The first-order chi connectivity index (χ1) is 18.1. The maximum atomic E-state index is 15.4. The molecular weight excluding hydrogens is 485 g/mol. The molecule has 1 fully saturated rings. The lowest BCUT2D eigenvalue weighted by Gasteiger charge is -2.31. The van der Waals surface area contributed by atoms with Gasteiger partial charge in [0.2, 0.25) is 5.88 Å². The molecular formula is C28H38FN7O2. The Kier molecular flexibility index (Phi) is 6.94. The van der Waals surface area contributed by atoms with Crippen molar-refractivity contribution in [1.29, 1.82) is 0 Å².